The monoisotopic (exact) mass is 303 g/mol. The van der Waals surface area contributed by atoms with Crippen molar-refractivity contribution in [3.8, 4) is 5.75 Å². The number of ether oxygens (including phenoxy) is 1. The largest absolute Gasteiger partial charge is 0.494 e. The molecule has 2 nitrogen and oxygen atoms in total. The maximum absolute atomic E-state index is 5.67. The van der Waals surface area contributed by atoms with Gasteiger partial charge in [0, 0.05) is 12.1 Å². The molecule has 0 aliphatic carbocycles. The van der Waals surface area contributed by atoms with Crippen LogP contribution in [-0.4, -0.2) is 13.2 Å². The average Bonchev–Trinajstić information content (AvgIpc) is 2.42. The summed E-state index contributed by atoms with van der Waals surface area (Å²) in [5.74, 6) is 0.944. The molecule has 0 atom stereocenters. The molecular weight excluding hydrogens is 281 g/mol. The van der Waals surface area contributed by atoms with Crippen LogP contribution in [0.25, 0.3) is 0 Å². The molecule has 0 bridgehead atoms. The minimum absolute atomic E-state index is 0. The molecule has 2 N–H and O–H groups in total. The number of halogens is 2. The van der Waals surface area contributed by atoms with Crippen molar-refractivity contribution >= 4 is 24.0 Å². The van der Waals surface area contributed by atoms with Crippen molar-refractivity contribution in [2.45, 2.75) is 32.6 Å². The van der Waals surface area contributed by atoms with Gasteiger partial charge >= 0.3 is 0 Å². The summed E-state index contributed by atoms with van der Waals surface area (Å²) in [5.41, 5.74) is 9.52. The molecule has 0 radical (unpaired) electrons. The van der Waals surface area contributed by atoms with Crippen LogP contribution in [0.5, 0.6) is 5.75 Å². The molecule has 0 unspecified atom stereocenters. The minimum Gasteiger partial charge on any atom is -0.494 e. The molecule has 0 aliphatic heterocycles. The van der Waals surface area contributed by atoms with Crippen molar-refractivity contribution in [1.82, 2.24) is 0 Å². The van der Waals surface area contributed by atoms with Crippen molar-refractivity contribution in [3.05, 3.63) is 40.9 Å². The molecule has 0 heterocycles. The zero-order chi connectivity index (χ0) is 13.2. The zero-order valence-electron chi connectivity index (χ0n) is 11.4. The fourth-order valence-electron chi connectivity index (χ4n) is 1.59. The van der Waals surface area contributed by atoms with Crippen molar-refractivity contribution < 1.29 is 4.74 Å². The predicted molar refractivity (Wildman–Crippen MR) is 85.4 cm³/mol. The number of rotatable bonds is 8. The molecular formula is C15H23Cl2NO. The Hall–Kier alpha value is -0.700. The highest BCUT2D eigenvalue weighted by molar-refractivity contribution is 6.25. The van der Waals surface area contributed by atoms with E-state index in [0.717, 1.165) is 43.6 Å². The number of benzene rings is 1. The van der Waals surface area contributed by atoms with E-state index in [4.69, 9.17) is 22.1 Å². The Kier molecular flexibility index (Phi) is 10.7. The van der Waals surface area contributed by atoms with Crippen LogP contribution in [0.15, 0.2) is 35.4 Å². The maximum atomic E-state index is 5.67. The number of hydrogen-bond donors (Lipinski definition) is 1. The van der Waals surface area contributed by atoms with Gasteiger partial charge in [0.25, 0.3) is 0 Å². The van der Waals surface area contributed by atoms with Gasteiger partial charge in [0.1, 0.15) is 5.75 Å². The molecule has 0 amide bonds. The van der Waals surface area contributed by atoms with E-state index in [2.05, 4.69) is 19.1 Å². The first-order chi connectivity index (χ1) is 8.80. The van der Waals surface area contributed by atoms with Crippen molar-refractivity contribution in [2.75, 3.05) is 13.2 Å². The second kappa shape index (κ2) is 11.2. The number of nitrogens with two attached hydrogens (primary N) is 1. The van der Waals surface area contributed by atoms with Crippen LogP contribution >= 0.6 is 24.0 Å². The van der Waals surface area contributed by atoms with Gasteiger partial charge in [-0.25, -0.2) is 0 Å². The smallest absolute Gasteiger partial charge is 0.119 e. The Labute approximate surface area is 127 Å². The lowest BCUT2D eigenvalue weighted by Gasteiger charge is -2.07. The van der Waals surface area contributed by atoms with E-state index in [1.807, 2.05) is 12.1 Å². The first-order valence-corrected chi connectivity index (χ1v) is 6.93. The van der Waals surface area contributed by atoms with E-state index in [-0.39, 0.29) is 12.4 Å². The number of hydrogen-bond acceptors (Lipinski definition) is 2. The average molecular weight is 304 g/mol. The molecule has 0 spiro atoms. The van der Waals surface area contributed by atoms with E-state index in [9.17, 15) is 0 Å². The Bertz CT molecular complexity index is 363. The molecule has 108 valence electrons. The van der Waals surface area contributed by atoms with Gasteiger partial charge in [-0.2, -0.15) is 0 Å². The molecule has 1 aromatic rings. The van der Waals surface area contributed by atoms with E-state index in [1.165, 1.54) is 5.56 Å². The van der Waals surface area contributed by atoms with Gasteiger partial charge in [0.2, 0.25) is 0 Å². The quantitative estimate of drug-likeness (QED) is 0.727. The van der Waals surface area contributed by atoms with Gasteiger partial charge in [0.05, 0.1) is 6.61 Å². The third-order valence-electron chi connectivity index (χ3n) is 2.84. The predicted octanol–water partition coefficient (Wildman–Crippen LogP) is 4.30. The van der Waals surface area contributed by atoms with Gasteiger partial charge < -0.3 is 10.5 Å². The van der Waals surface area contributed by atoms with Crippen molar-refractivity contribution in [1.29, 1.82) is 0 Å². The van der Waals surface area contributed by atoms with Crippen LogP contribution in [0, 0.1) is 0 Å². The van der Waals surface area contributed by atoms with Gasteiger partial charge in [-0.3, -0.25) is 0 Å². The lowest BCUT2D eigenvalue weighted by atomic mass is 10.1. The Morgan fingerprint density at radius 3 is 2.53 bits per heavy atom. The third-order valence-corrected chi connectivity index (χ3v) is 3.15. The second-order valence-electron chi connectivity index (χ2n) is 4.32. The summed E-state index contributed by atoms with van der Waals surface area (Å²) >= 11 is 5.67. The molecule has 0 saturated heterocycles. The SMILES string of the molecule is CCCCOc1ccc(CCC(=CCl)CN)cc1.Cl. The maximum Gasteiger partial charge on any atom is 0.119 e. The van der Waals surface area contributed by atoms with Crippen LogP contribution in [-0.2, 0) is 6.42 Å². The second-order valence-corrected chi connectivity index (χ2v) is 4.54. The highest BCUT2D eigenvalue weighted by Gasteiger charge is 1.98. The Morgan fingerprint density at radius 2 is 2.00 bits per heavy atom. The van der Waals surface area contributed by atoms with Crippen molar-refractivity contribution in [2.24, 2.45) is 5.73 Å². The minimum atomic E-state index is 0. The van der Waals surface area contributed by atoms with E-state index in [1.54, 1.807) is 5.54 Å². The molecule has 4 heteroatoms. The van der Waals surface area contributed by atoms with Crippen LogP contribution in [0.1, 0.15) is 31.7 Å². The summed E-state index contributed by atoms with van der Waals surface area (Å²) in [6.45, 7) is 3.48. The first kappa shape index (κ1) is 18.3. The van der Waals surface area contributed by atoms with E-state index in [0.29, 0.717) is 6.54 Å². The molecule has 1 rings (SSSR count). The summed E-state index contributed by atoms with van der Waals surface area (Å²) < 4.78 is 5.62. The topological polar surface area (TPSA) is 35.2 Å². The summed E-state index contributed by atoms with van der Waals surface area (Å²) in [4.78, 5) is 0. The van der Waals surface area contributed by atoms with E-state index < -0.39 is 0 Å². The fourth-order valence-corrected chi connectivity index (χ4v) is 1.79. The van der Waals surface area contributed by atoms with Gasteiger partial charge in [0.15, 0.2) is 0 Å². The summed E-state index contributed by atoms with van der Waals surface area (Å²) in [6.07, 6.45) is 4.13. The standard InChI is InChI=1S/C15H22ClNO.ClH/c1-2-3-10-18-15-8-6-13(7-9-15)4-5-14(11-16)12-17;/h6-9,11H,2-5,10,12,17H2,1H3;1H. The summed E-state index contributed by atoms with van der Waals surface area (Å²) in [7, 11) is 0. The third kappa shape index (κ3) is 7.46. The molecule has 0 saturated carbocycles. The number of unbranched alkanes of at least 4 members (excludes halogenated alkanes) is 1. The summed E-state index contributed by atoms with van der Waals surface area (Å²) in [6, 6.07) is 8.25. The molecule has 1 aromatic carbocycles. The Balaban J connectivity index is 0.00000324. The van der Waals surface area contributed by atoms with Crippen LogP contribution in [0.3, 0.4) is 0 Å². The fraction of sp³-hybridized carbons (Fsp3) is 0.467. The van der Waals surface area contributed by atoms with Crippen LogP contribution < -0.4 is 10.5 Å². The highest BCUT2D eigenvalue weighted by atomic mass is 35.5. The molecule has 19 heavy (non-hydrogen) atoms. The van der Waals surface area contributed by atoms with Gasteiger partial charge in [-0.15, -0.1) is 12.4 Å². The van der Waals surface area contributed by atoms with Crippen LogP contribution in [0.4, 0.5) is 0 Å². The van der Waals surface area contributed by atoms with Gasteiger partial charge in [-0.05, 0) is 42.5 Å². The lowest BCUT2D eigenvalue weighted by molar-refractivity contribution is 0.309. The number of aryl methyl sites for hydroxylation is 1. The molecule has 0 fully saturated rings. The first-order valence-electron chi connectivity index (χ1n) is 6.50. The van der Waals surface area contributed by atoms with Crippen molar-refractivity contribution in [3.63, 3.8) is 0 Å². The molecule has 0 aliphatic rings. The molecule has 0 aromatic heterocycles. The summed E-state index contributed by atoms with van der Waals surface area (Å²) in [5, 5.41) is 0. The zero-order valence-corrected chi connectivity index (χ0v) is 13.0. The highest BCUT2D eigenvalue weighted by Crippen LogP contribution is 2.15. The van der Waals surface area contributed by atoms with Crippen LogP contribution in [0.2, 0.25) is 0 Å². The normalized spacial score (nSPS) is 11.0. The van der Waals surface area contributed by atoms with E-state index >= 15 is 0 Å². The Morgan fingerprint density at radius 1 is 1.32 bits per heavy atom. The lowest BCUT2D eigenvalue weighted by Crippen LogP contribution is -2.03. The van der Waals surface area contributed by atoms with Gasteiger partial charge in [-0.1, -0.05) is 37.1 Å².